The second-order valence-electron chi connectivity index (χ2n) is 3.05. The molecule has 0 fully saturated rings. The quantitative estimate of drug-likeness (QED) is 0.759. The fourth-order valence-electron chi connectivity index (χ4n) is 1.06. The molecule has 0 aromatic carbocycles. The van der Waals surface area contributed by atoms with E-state index < -0.39 is 17.7 Å². The first-order valence-electron chi connectivity index (χ1n) is 4.51. The van der Waals surface area contributed by atoms with Crippen LogP contribution in [0.1, 0.15) is 16.1 Å². The molecular weight excluding hydrogens is 215 g/mol. The maximum absolute atomic E-state index is 12.8. The lowest BCUT2D eigenvalue weighted by atomic mass is 10.2. The van der Waals surface area contributed by atoms with Gasteiger partial charge in [0, 0.05) is 0 Å². The molecule has 0 unspecified atom stereocenters. The Labute approximate surface area is 91.6 Å². The lowest BCUT2D eigenvalue weighted by Gasteiger charge is -2.05. The lowest BCUT2D eigenvalue weighted by Crippen LogP contribution is -2.30. The molecule has 1 rings (SSSR count). The molecule has 16 heavy (non-hydrogen) atoms. The van der Waals surface area contributed by atoms with Crippen LogP contribution in [-0.2, 0) is 9.53 Å². The molecule has 1 aromatic heterocycles. The molecule has 0 saturated carbocycles. The molecule has 0 bridgehead atoms. The third kappa shape index (κ3) is 3.01. The van der Waals surface area contributed by atoms with Gasteiger partial charge in [-0.05, 0) is 13.0 Å². The number of rotatable bonds is 3. The van der Waals surface area contributed by atoms with Crippen molar-refractivity contribution in [2.24, 2.45) is 0 Å². The van der Waals surface area contributed by atoms with Gasteiger partial charge in [-0.15, -0.1) is 0 Å². The number of halogens is 1. The van der Waals surface area contributed by atoms with E-state index in [1.165, 1.54) is 7.11 Å². The van der Waals surface area contributed by atoms with E-state index in [0.29, 0.717) is 5.69 Å². The Balaban J connectivity index is 2.73. The number of aromatic nitrogens is 1. The Bertz CT molecular complexity index is 421. The number of esters is 1. The van der Waals surface area contributed by atoms with Gasteiger partial charge in [0.2, 0.25) is 0 Å². The average Bonchev–Trinajstić information content (AvgIpc) is 2.28. The zero-order chi connectivity index (χ0) is 12.1. The van der Waals surface area contributed by atoms with Crippen molar-refractivity contribution in [2.75, 3.05) is 13.7 Å². The monoisotopic (exact) mass is 226 g/mol. The zero-order valence-corrected chi connectivity index (χ0v) is 8.91. The molecule has 1 aromatic rings. The van der Waals surface area contributed by atoms with Crippen LogP contribution in [0.15, 0.2) is 12.3 Å². The number of aryl methyl sites for hydroxylation is 1. The predicted molar refractivity (Wildman–Crippen MR) is 53.3 cm³/mol. The van der Waals surface area contributed by atoms with E-state index in [1.807, 2.05) is 0 Å². The SMILES string of the molecule is COC(=O)CNC(=O)c1cc(F)cnc1C. The van der Waals surface area contributed by atoms with E-state index in [1.54, 1.807) is 6.92 Å². The standard InChI is InChI=1S/C10H11FN2O3/c1-6-8(3-7(11)4-12-6)10(15)13-5-9(14)16-2/h3-4H,5H2,1-2H3,(H,13,15). The molecular formula is C10H11FN2O3. The molecule has 86 valence electrons. The maximum atomic E-state index is 12.8. The summed E-state index contributed by atoms with van der Waals surface area (Å²) in [6.45, 7) is 1.32. The highest BCUT2D eigenvalue weighted by atomic mass is 19.1. The van der Waals surface area contributed by atoms with Gasteiger partial charge in [0.25, 0.3) is 5.91 Å². The summed E-state index contributed by atoms with van der Waals surface area (Å²) in [5.41, 5.74) is 0.493. The molecule has 0 aliphatic rings. The van der Waals surface area contributed by atoms with Crippen LogP contribution in [0.2, 0.25) is 0 Å². The van der Waals surface area contributed by atoms with Crippen molar-refractivity contribution >= 4 is 11.9 Å². The highest BCUT2D eigenvalue weighted by molar-refractivity contribution is 5.96. The van der Waals surface area contributed by atoms with E-state index in [-0.39, 0.29) is 12.1 Å². The fourth-order valence-corrected chi connectivity index (χ4v) is 1.06. The van der Waals surface area contributed by atoms with Gasteiger partial charge in [0.15, 0.2) is 0 Å². The first-order valence-corrected chi connectivity index (χ1v) is 4.51. The van der Waals surface area contributed by atoms with E-state index in [9.17, 15) is 14.0 Å². The third-order valence-electron chi connectivity index (χ3n) is 1.92. The number of pyridine rings is 1. The van der Waals surface area contributed by atoms with Crippen molar-refractivity contribution in [1.29, 1.82) is 0 Å². The van der Waals surface area contributed by atoms with E-state index in [2.05, 4.69) is 15.0 Å². The Morgan fingerprint density at radius 3 is 2.88 bits per heavy atom. The van der Waals surface area contributed by atoms with Gasteiger partial charge in [-0.25, -0.2) is 4.39 Å². The van der Waals surface area contributed by atoms with Crippen molar-refractivity contribution in [1.82, 2.24) is 10.3 Å². The summed E-state index contributed by atoms with van der Waals surface area (Å²) in [6, 6.07) is 1.06. The van der Waals surface area contributed by atoms with Crippen LogP contribution >= 0.6 is 0 Å². The fraction of sp³-hybridized carbons (Fsp3) is 0.300. The molecule has 1 heterocycles. The summed E-state index contributed by atoms with van der Waals surface area (Å²) in [4.78, 5) is 26.0. The largest absolute Gasteiger partial charge is 0.468 e. The number of methoxy groups -OCH3 is 1. The summed E-state index contributed by atoms with van der Waals surface area (Å²) in [7, 11) is 1.21. The number of carbonyl (C=O) groups excluding carboxylic acids is 2. The van der Waals surface area contributed by atoms with Gasteiger partial charge < -0.3 is 10.1 Å². The zero-order valence-electron chi connectivity index (χ0n) is 8.91. The lowest BCUT2D eigenvalue weighted by molar-refractivity contribution is -0.139. The van der Waals surface area contributed by atoms with Gasteiger partial charge in [0.05, 0.1) is 24.6 Å². The van der Waals surface area contributed by atoms with E-state index >= 15 is 0 Å². The number of carbonyl (C=O) groups is 2. The van der Waals surface area contributed by atoms with Crippen LogP contribution in [0.5, 0.6) is 0 Å². The second kappa shape index (κ2) is 5.20. The number of nitrogens with zero attached hydrogens (tertiary/aromatic N) is 1. The van der Waals surface area contributed by atoms with Crippen molar-refractivity contribution < 1.29 is 18.7 Å². The molecule has 0 atom stereocenters. The number of nitrogens with one attached hydrogen (secondary N) is 1. The summed E-state index contributed by atoms with van der Waals surface area (Å²) < 4.78 is 17.2. The van der Waals surface area contributed by atoms with Crippen LogP contribution in [0, 0.1) is 12.7 Å². The number of amides is 1. The van der Waals surface area contributed by atoms with Crippen LogP contribution in [0.25, 0.3) is 0 Å². The predicted octanol–water partition coefficient (Wildman–Crippen LogP) is 0.432. The van der Waals surface area contributed by atoms with Gasteiger partial charge in [0.1, 0.15) is 12.4 Å². The molecule has 1 N–H and O–H groups in total. The van der Waals surface area contributed by atoms with Crippen molar-refractivity contribution in [2.45, 2.75) is 6.92 Å². The molecule has 5 nitrogen and oxygen atoms in total. The number of hydrogen-bond donors (Lipinski definition) is 1. The van der Waals surface area contributed by atoms with Crippen LogP contribution in [0.3, 0.4) is 0 Å². The molecule has 6 heteroatoms. The molecule has 0 spiro atoms. The van der Waals surface area contributed by atoms with E-state index in [0.717, 1.165) is 12.3 Å². The van der Waals surface area contributed by atoms with Crippen molar-refractivity contribution in [3.8, 4) is 0 Å². The molecule has 0 radical (unpaired) electrons. The van der Waals surface area contributed by atoms with Crippen molar-refractivity contribution in [3.63, 3.8) is 0 Å². The maximum Gasteiger partial charge on any atom is 0.325 e. The minimum absolute atomic E-state index is 0.101. The van der Waals surface area contributed by atoms with E-state index in [4.69, 9.17) is 0 Å². The first-order chi connectivity index (χ1) is 7.54. The number of ether oxygens (including phenoxy) is 1. The normalized spacial score (nSPS) is 9.69. The van der Waals surface area contributed by atoms with Crippen LogP contribution < -0.4 is 5.32 Å². The highest BCUT2D eigenvalue weighted by Gasteiger charge is 2.12. The third-order valence-corrected chi connectivity index (χ3v) is 1.92. The van der Waals surface area contributed by atoms with Gasteiger partial charge in [-0.1, -0.05) is 0 Å². The highest BCUT2D eigenvalue weighted by Crippen LogP contribution is 2.06. The van der Waals surface area contributed by atoms with Gasteiger partial charge in [-0.2, -0.15) is 0 Å². The summed E-state index contributed by atoms with van der Waals surface area (Å²) in [6.07, 6.45) is 1.02. The molecule has 1 amide bonds. The number of hydrogen-bond acceptors (Lipinski definition) is 4. The summed E-state index contributed by atoms with van der Waals surface area (Å²) in [5.74, 6) is -1.74. The van der Waals surface area contributed by atoms with Gasteiger partial charge in [-0.3, -0.25) is 14.6 Å². The summed E-state index contributed by atoms with van der Waals surface area (Å²) in [5, 5.41) is 2.30. The Morgan fingerprint density at radius 2 is 2.25 bits per heavy atom. The Hall–Kier alpha value is -1.98. The van der Waals surface area contributed by atoms with Crippen LogP contribution in [0.4, 0.5) is 4.39 Å². The van der Waals surface area contributed by atoms with Crippen molar-refractivity contribution in [3.05, 3.63) is 29.3 Å². The molecule has 0 aliphatic carbocycles. The average molecular weight is 226 g/mol. The topological polar surface area (TPSA) is 68.3 Å². The molecule has 0 saturated heterocycles. The first kappa shape index (κ1) is 12.1. The Morgan fingerprint density at radius 1 is 1.56 bits per heavy atom. The smallest absolute Gasteiger partial charge is 0.325 e. The van der Waals surface area contributed by atoms with Crippen LogP contribution in [-0.4, -0.2) is 30.5 Å². The minimum Gasteiger partial charge on any atom is -0.468 e. The second-order valence-corrected chi connectivity index (χ2v) is 3.05. The van der Waals surface area contributed by atoms with Gasteiger partial charge >= 0.3 is 5.97 Å². The molecule has 0 aliphatic heterocycles. The summed E-state index contributed by atoms with van der Waals surface area (Å²) >= 11 is 0. The minimum atomic E-state index is -0.603. The Kier molecular flexibility index (Phi) is 3.93.